The predicted octanol–water partition coefficient (Wildman–Crippen LogP) is 3.45. The van der Waals surface area contributed by atoms with Gasteiger partial charge in [-0.05, 0) is 34.6 Å². The zero-order valence-corrected chi connectivity index (χ0v) is 12.3. The van der Waals surface area contributed by atoms with Crippen molar-refractivity contribution < 1.29 is 4.79 Å². The molecule has 0 bridgehead atoms. The van der Waals surface area contributed by atoms with Crippen LogP contribution in [0.15, 0.2) is 23.8 Å². The Morgan fingerprint density at radius 2 is 2.05 bits per heavy atom. The van der Waals surface area contributed by atoms with Gasteiger partial charge >= 0.3 is 0 Å². The van der Waals surface area contributed by atoms with E-state index in [0.717, 1.165) is 25.0 Å². The largest absolute Gasteiger partial charge is 0.352 e. The van der Waals surface area contributed by atoms with Gasteiger partial charge in [-0.1, -0.05) is 45.9 Å². The molecule has 0 unspecified atom stereocenters. The van der Waals surface area contributed by atoms with E-state index in [-0.39, 0.29) is 11.3 Å². The Kier molecular flexibility index (Phi) is 3.79. The van der Waals surface area contributed by atoms with E-state index in [1.807, 2.05) is 6.08 Å². The quantitative estimate of drug-likeness (QED) is 0.883. The van der Waals surface area contributed by atoms with E-state index in [4.69, 9.17) is 0 Å². The molecular weight excluding hydrogens is 234 g/mol. The molecule has 0 fully saturated rings. The Morgan fingerprint density at radius 3 is 2.68 bits per heavy atom. The fourth-order valence-electron chi connectivity index (χ4n) is 2.30. The number of hydrogen-bond acceptors (Lipinski definition) is 1. The molecule has 19 heavy (non-hydrogen) atoms. The van der Waals surface area contributed by atoms with Gasteiger partial charge in [-0.25, -0.2) is 0 Å². The third kappa shape index (κ3) is 3.06. The van der Waals surface area contributed by atoms with Crippen LogP contribution in [0.2, 0.25) is 0 Å². The van der Waals surface area contributed by atoms with E-state index >= 15 is 0 Å². The average molecular weight is 257 g/mol. The van der Waals surface area contributed by atoms with Crippen LogP contribution in [-0.4, -0.2) is 12.5 Å². The van der Waals surface area contributed by atoms with Crippen molar-refractivity contribution in [2.24, 2.45) is 0 Å². The number of nitrogens with one attached hydrogen (secondary N) is 1. The summed E-state index contributed by atoms with van der Waals surface area (Å²) < 4.78 is 0. The van der Waals surface area contributed by atoms with Gasteiger partial charge in [0, 0.05) is 18.5 Å². The topological polar surface area (TPSA) is 29.1 Å². The number of rotatable bonds is 3. The van der Waals surface area contributed by atoms with Gasteiger partial charge in [-0.15, -0.1) is 0 Å². The molecule has 0 atom stereocenters. The van der Waals surface area contributed by atoms with Crippen molar-refractivity contribution in [3.05, 3.63) is 40.5 Å². The predicted molar refractivity (Wildman–Crippen MR) is 80.1 cm³/mol. The second-order valence-corrected chi connectivity index (χ2v) is 6.27. The summed E-state index contributed by atoms with van der Waals surface area (Å²) in [4.78, 5) is 12.0. The van der Waals surface area contributed by atoms with Crippen molar-refractivity contribution in [3.8, 4) is 0 Å². The lowest BCUT2D eigenvalue weighted by molar-refractivity contribution is -0.117. The number of carbonyl (C=O) groups excluding carboxylic acids is 1. The molecular formula is C17H23NO. The minimum atomic E-state index is 0.0790. The number of benzene rings is 1. The Hall–Kier alpha value is -1.57. The normalized spacial score (nSPS) is 14.0. The molecule has 2 rings (SSSR count). The van der Waals surface area contributed by atoms with Gasteiger partial charge < -0.3 is 5.32 Å². The lowest BCUT2D eigenvalue weighted by Gasteiger charge is -2.19. The van der Waals surface area contributed by atoms with Crippen LogP contribution >= 0.6 is 0 Å². The van der Waals surface area contributed by atoms with Crippen molar-refractivity contribution in [2.45, 2.75) is 46.0 Å². The van der Waals surface area contributed by atoms with E-state index in [2.05, 4.69) is 51.2 Å². The summed E-state index contributed by atoms with van der Waals surface area (Å²) >= 11 is 0. The molecule has 0 aliphatic heterocycles. The Labute approximate surface area is 115 Å². The van der Waals surface area contributed by atoms with Crippen LogP contribution in [-0.2, 0) is 16.6 Å². The SMILES string of the molecule is CCCNC(=O)C1=Cc2cc(C(C)(C)C)ccc2C1. The van der Waals surface area contributed by atoms with Crippen molar-refractivity contribution in [1.29, 1.82) is 0 Å². The number of carbonyl (C=O) groups is 1. The van der Waals surface area contributed by atoms with E-state index < -0.39 is 0 Å². The molecule has 0 radical (unpaired) electrons. The molecule has 1 aromatic carbocycles. The number of amides is 1. The van der Waals surface area contributed by atoms with Gasteiger partial charge in [0.05, 0.1) is 0 Å². The Morgan fingerprint density at radius 1 is 1.32 bits per heavy atom. The smallest absolute Gasteiger partial charge is 0.247 e. The van der Waals surface area contributed by atoms with Gasteiger partial charge in [0.2, 0.25) is 5.91 Å². The van der Waals surface area contributed by atoms with E-state index in [1.54, 1.807) is 0 Å². The van der Waals surface area contributed by atoms with Crippen LogP contribution in [0.1, 0.15) is 50.8 Å². The second-order valence-electron chi connectivity index (χ2n) is 6.27. The van der Waals surface area contributed by atoms with Crippen LogP contribution in [0.3, 0.4) is 0 Å². The molecule has 1 aliphatic carbocycles. The molecule has 0 aromatic heterocycles. The first kappa shape index (κ1) is 13.9. The van der Waals surface area contributed by atoms with Crippen LogP contribution in [0.4, 0.5) is 0 Å². The fraction of sp³-hybridized carbons (Fsp3) is 0.471. The van der Waals surface area contributed by atoms with Crippen molar-refractivity contribution in [2.75, 3.05) is 6.54 Å². The molecule has 0 saturated heterocycles. The van der Waals surface area contributed by atoms with Crippen LogP contribution in [0.25, 0.3) is 6.08 Å². The molecule has 0 heterocycles. The van der Waals surface area contributed by atoms with Crippen molar-refractivity contribution in [3.63, 3.8) is 0 Å². The fourth-order valence-corrected chi connectivity index (χ4v) is 2.30. The summed E-state index contributed by atoms with van der Waals surface area (Å²) in [5.74, 6) is 0.0790. The average Bonchev–Trinajstić information content (AvgIpc) is 2.77. The van der Waals surface area contributed by atoms with Crippen molar-refractivity contribution >= 4 is 12.0 Å². The van der Waals surface area contributed by atoms with E-state index in [0.29, 0.717) is 0 Å². The third-order valence-corrected chi connectivity index (χ3v) is 3.55. The van der Waals surface area contributed by atoms with Gasteiger partial charge in [-0.3, -0.25) is 4.79 Å². The maximum absolute atomic E-state index is 12.0. The molecule has 1 N–H and O–H groups in total. The van der Waals surface area contributed by atoms with Gasteiger partial charge in [-0.2, -0.15) is 0 Å². The van der Waals surface area contributed by atoms with Gasteiger partial charge in [0.15, 0.2) is 0 Å². The summed E-state index contributed by atoms with van der Waals surface area (Å²) in [6.45, 7) is 9.44. The van der Waals surface area contributed by atoms with E-state index in [1.165, 1.54) is 16.7 Å². The molecule has 0 saturated carbocycles. The molecule has 1 aliphatic rings. The number of fused-ring (bicyclic) bond motifs is 1. The maximum atomic E-state index is 12.0. The summed E-state index contributed by atoms with van der Waals surface area (Å²) in [7, 11) is 0. The minimum Gasteiger partial charge on any atom is -0.352 e. The first-order valence-corrected chi connectivity index (χ1v) is 7.04. The van der Waals surface area contributed by atoms with Crippen LogP contribution in [0.5, 0.6) is 0 Å². The summed E-state index contributed by atoms with van der Waals surface area (Å²) in [5.41, 5.74) is 4.81. The zero-order valence-electron chi connectivity index (χ0n) is 12.3. The third-order valence-electron chi connectivity index (χ3n) is 3.55. The highest BCUT2D eigenvalue weighted by Gasteiger charge is 2.21. The Balaban J connectivity index is 2.20. The van der Waals surface area contributed by atoms with Crippen LogP contribution in [0, 0.1) is 0 Å². The highest BCUT2D eigenvalue weighted by atomic mass is 16.1. The maximum Gasteiger partial charge on any atom is 0.247 e. The number of hydrogen-bond donors (Lipinski definition) is 1. The zero-order chi connectivity index (χ0) is 14.0. The van der Waals surface area contributed by atoms with Gasteiger partial charge in [0.1, 0.15) is 0 Å². The molecule has 1 aromatic rings. The summed E-state index contributed by atoms with van der Waals surface area (Å²) in [6.07, 6.45) is 3.77. The molecule has 2 heteroatoms. The first-order valence-electron chi connectivity index (χ1n) is 7.04. The second kappa shape index (κ2) is 5.20. The molecule has 1 amide bonds. The molecule has 102 valence electrons. The Bertz CT molecular complexity index is 521. The standard InChI is InChI=1S/C17H23NO/c1-5-8-18-16(19)14-9-12-6-7-15(17(2,3)4)11-13(12)10-14/h6-7,10-11H,5,8-9H2,1-4H3,(H,18,19). The highest BCUT2D eigenvalue weighted by Crippen LogP contribution is 2.30. The lowest BCUT2D eigenvalue weighted by atomic mass is 9.85. The lowest BCUT2D eigenvalue weighted by Crippen LogP contribution is -2.25. The monoisotopic (exact) mass is 257 g/mol. The van der Waals surface area contributed by atoms with Crippen molar-refractivity contribution in [1.82, 2.24) is 5.32 Å². The van der Waals surface area contributed by atoms with Crippen LogP contribution < -0.4 is 5.32 Å². The minimum absolute atomic E-state index is 0.0790. The first-order chi connectivity index (χ1) is 8.91. The summed E-state index contributed by atoms with van der Waals surface area (Å²) in [6, 6.07) is 6.56. The van der Waals surface area contributed by atoms with Gasteiger partial charge in [0.25, 0.3) is 0 Å². The van der Waals surface area contributed by atoms with E-state index in [9.17, 15) is 4.79 Å². The highest BCUT2D eigenvalue weighted by molar-refractivity contribution is 6.00. The molecule has 2 nitrogen and oxygen atoms in total. The summed E-state index contributed by atoms with van der Waals surface area (Å²) in [5, 5.41) is 2.95. The molecule has 0 spiro atoms.